The molecule has 10 nitrogen and oxygen atoms in total. The van der Waals surface area contributed by atoms with E-state index in [1.165, 1.54) is 0 Å². The van der Waals surface area contributed by atoms with Crippen molar-refractivity contribution in [3.05, 3.63) is 54.5 Å². The third-order valence-electron chi connectivity index (χ3n) is 4.75. The molecule has 1 aromatic carbocycles. The van der Waals surface area contributed by atoms with Crippen LogP contribution in [0.3, 0.4) is 0 Å². The molecule has 0 saturated carbocycles. The Kier molecular flexibility index (Phi) is 6.91. The molecular formula is C22H23N7O3S. The lowest BCUT2D eigenvalue weighted by Gasteiger charge is -2.09. The van der Waals surface area contributed by atoms with Crippen LogP contribution in [0.1, 0.15) is 5.56 Å². The van der Waals surface area contributed by atoms with Crippen LogP contribution in [0.2, 0.25) is 0 Å². The number of aromatic nitrogens is 5. The van der Waals surface area contributed by atoms with Crippen LogP contribution < -0.4 is 20.1 Å². The van der Waals surface area contributed by atoms with E-state index < -0.39 is 0 Å². The van der Waals surface area contributed by atoms with Crippen LogP contribution in [-0.4, -0.2) is 57.9 Å². The first kappa shape index (κ1) is 22.4. The van der Waals surface area contributed by atoms with Crippen LogP contribution in [-0.2, 0) is 11.3 Å². The van der Waals surface area contributed by atoms with Gasteiger partial charge in [0.05, 0.1) is 38.9 Å². The number of hydrogen-bond acceptors (Lipinski definition) is 8. The molecule has 0 aliphatic carbocycles. The van der Waals surface area contributed by atoms with Gasteiger partial charge in [-0.2, -0.15) is 5.10 Å². The molecule has 33 heavy (non-hydrogen) atoms. The molecule has 0 radical (unpaired) electrons. The highest BCUT2D eigenvalue weighted by Crippen LogP contribution is 2.28. The van der Waals surface area contributed by atoms with Gasteiger partial charge >= 0.3 is 0 Å². The van der Waals surface area contributed by atoms with Crippen molar-refractivity contribution >= 4 is 34.3 Å². The highest BCUT2D eigenvalue weighted by atomic mass is 32.1. The maximum atomic E-state index is 5.38. The summed E-state index contributed by atoms with van der Waals surface area (Å²) in [7, 11) is 4.81. The molecule has 0 amide bonds. The first-order valence-electron chi connectivity index (χ1n) is 10.0. The third kappa shape index (κ3) is 5.33. The van der Waals surface area contributed by atoms with E-state index in [1.807, 2.05) is 35.1 Å². The number of methoxy groups -OCH3 is 3. The summed E-state index contributed by atoms with van der Waals surface area (Å²) >= 11 is 5.21. The Morgan fingerprint density at radius 2 is 1.88 bits per heavy atom. The molecule has 0 bridgehead atoms. The fourth-order valence-corrected chi connectivity index (χ4v) is 3.32. The van der Waals surface area contributed by atoms with Gasteiger partial charge in [0.1, 0.15) is 18.1 Å². The van der Waals surface area contributed by atoms with Gasteiger partial charge in [0.25, 0.3) is 0 Å². The molecule has 0 spiro atoms. The van der Waals surface area contributed by atoms with Crippen LogP contribution in [0.5, 0.6) is 11.5 Å². The Labute approximate surface area is 195 Å². The maximum Gasteiger partial charge on any atom is 0.180 e. The molecular weight excluding hydrogens is 442 g/mol. The number of thiocarbonyl (C=S) groups is 1. The Bertz CT molecular complexity index is 1280. The topological polar surface area (TPSA) is 108 Å². The van der Waals surface area contributed by atoms with Gasteiger partial charge in [-0.05, 0) is 42.0 Å². The summed E-state index contributed by atoms with van der Waals surface area (Å²) in [6, 6.07) is 9.41. The minimum absolute atomic E-state index is 0.302. The van der Waals surface area contributed by atoms with E-state index >= 15 is 0 Å². The summed E-state index contributed by atoms with van der Waals surface area (Å²) in [5.41, 5.74) is 3.72. The predicted molar refractivity (Wildman–Crippen MR) is 128 cm³/mol. The maximum absolute atomic E-state index is 5.38. The quantitative estimate of drug-likeness (QED) is 0.298. The zero-order valence-electron chi connectivity index (χ0n) is 18.4. The lowest BCUT2D eigenvalue weighted by atomic mass is 10.2. The molecule has 0 fully saturated rings. The Morgan fingerprint density at radius 1 is 1.03 bits per heavy atom. The largest absolute Gasteiger partial charge is 0.493 e. The number of benzene rings is 1. The zero-order chi connectivity index (χ0) is 23.2. The van der Waals surface area contributed by atoms with Crippen molar-refractivity contribution in [2.75, 3.05) is 33.4 Å². The summed E-state index contributed by atoms with van der Waals surface area (Å²) in [4.78, 5) is 13.6. The van der Waals surface area contributed by atoms with E-state index in [1.54, 1.807) is 39.8 Å². The smallest absolute Gasteiger partial charge is 0.180 e. The number of anilines is 1. The second kappa shape index (κ2) is 10.2. The monoisotopic (exact) mass is 465 g/mol. The Morgan fingerprint density at radius 3 is 2.67 bits per heavy atom. The molecule has 2 N–H and O–H groups in total. The summed E-state index contributed by atoms with van der Waals surface area (Å²) < 4.78 is 17.4. The van der Waals surface area contributed by atoms with Crippen molar-refractivity contribution in [2.45, 2.75) is 6.54 Å². The molecule has 0 aliphatic rings. The first-order chi connectivity index (χ1) is 16.1. The molecule has 11 heteroatoms. The number of nitrogens with zero attached hydrogens (tertiary/aromatic N) is 5. The number of rotatable bonds is 8. The van der Waals surface area contributed by atoms with Gasteiger partial charge in [-0.1, -0.05) is 6.07 Å². The summed E-state index contributed by atoms with van der Waals surface area (Å²) in [5, 5.41) is 10.8. The lowest BCUT2D eigenvalue weighted by molar-refractivity contribution is 0.192. The van der Waals surface area contributed by atoms with Gasteiger partial charge < -0.3 is 24.8 Å². The standard InChI is InChI=1S/C22H23N7O3S/c1-30-13-24-22(33)28-20-7-5-16-21(27-20)26-17(10-23-16)15-9-25-29(12-15)11-14-4-6-18(31-2)19(8-14)32-3/h4-10,12H,11,13H2,1-3H3,(H2,24,26,27,28,33). The van der Waals surface area contributed by atoms with Gasteiger partial charge in [-0.3, -0.25) is 9.67 Å². The SMILES string of the molecule is COCNC(=S)Nc1ccc2ncc(-c3cnn(Cc4ccc(OC)c(OC)c4)c3)nc2n1. The zero-order valence-corrected chi connectivity index (χ0v) is 19.2. The van der Waals surface area contributed by atoms with E-state index in [0.717, 1.165) is 11.1 Å². The van der Waals surface area contributed by atoms with Gasteiger partial charge in [0.2, 0.25) is 0 Å². The highest BCUT2D eigenvalue weighted by molar-refractivity contribution is 7.80. The van der Waals surface area contributed by atoms with Gasteiger partial charge in [0, 0.05) is 18.9 Å². The predicted octanol–water partition coefficient (Wildman–Crippen LogP) is 2.84. The first-order valence-corrected chi connectivity index (χ1v) is 10.4. The molecule has 4 aromatic rings. The van der Waals surface area contributed by atoms with E-state index in [9.17, 15) is 0 Å². The van der Waals surface area contributed by atoms with Gasteiger partial charge in [-0.25, -0.2) is 9.97 Å². The van der Waals surface area contributed by atoms with Crippen molar-refractivity contribution in [3.8, 4) is 22.8 Å². The molecule has 0 atom stereocenters. The molecule has 0 unspecified atom stereocenters. The van der Waals surface area contributed by atoms with Crippen molar-refractivity contribution in [3.63, 3.8) is 0 Å². The molecule has 170 valence electrons. The van der Waals surface area contributed by atoms with Gasteiger partial charge in [0.15, 0.2) is 22.3 Å². The minimum Gasteiger partial charge on any atom is -0.493 e. The van der Waals surface area contributed by atoms with Gasteiger partial charge in [-0.15, -0.1) is 0 Å². The van der Waals surface area contributed by atoms with Crippen LogP contribution in [0.25, 0.3) is 22.4 Å². The Balaban J connectivity index is 1.52. The fraction of sp³-hybridized carbons (Fsp3) is 0.227. The van der Waals surface area contributed by atoms with Crippen LogP contribution in [0.4, 0.5) is 5.82 Å². The number of fused-ring (bicyclic) bond motifs is 1. The summed E-state index contributed by atoms with van der Waals surface area (Å²) in [6.07, 6.45) is 5.38. The number of nitrogens with one attached hydrogen (secondary N) is 2. The second-order valence-electron chi connectivity index (χ2n) is 6.97. The van der Waals surface area contributed by atoms with E-state index in [2.05, 4.69) is 30.7 Å². The average molecular weight is 466 g/mol. The van der Waals surface area contributed by atoms with E-state index in [-0.39, 0.29) is 0 Å². The summed E-state index contributed by atoms with van der Waals surface area (Å²) in [5.74, 6) is 1.92. The average Bonchev–Trinajstić information content (AvgIpc) is 3.30. The van der Waals surface area contributed by atoms with Crippen LogP contribution in [0.15, 0.2) is 48.9 Å². The van der Waals surface area contributed by atoms with Crippen molar-refractivity contribution in [1.29, 1.82) is 0 Å². The summed E-state index contributed by atoms with van der Waals surface area (Å²) in [6.45, 7) is 0.871. The van der Waals surface area contributed by atoms with Crippen LogP contribution >= 0.6 is 12.2 Å². The Hall–Kier alpha value is -3.83. The second-order valence-corrected chi connectivity index (χ2v) is 7.38. The molecule has 3 heterocycles. The van der Waals surface area contributed by atoms with E-state index in [4.69, 9.17) is 26.4 Å². The van der Waals surface area contributed by atoms with Crippen molar-refractivity contribution < 1.29 is 14.2 Å². The number of hydrogen-bond donors (Lipinski definition) is 2. The van der Waals surface area contributed by atoms with E-state index in [0.29, 0.717) is 52.6 Å². The number of ether oxygens (including phenoxy) is 3. The lowest BCUT2D eigenvalue weighted by Crippen LogP contribution is -2.30. The molecule has 0 aliphatic heterocycles. The third-order valence-corrected chi connectivity index (χ3v) is 4.99. The molecule has 3 aromatic heterocycles. The van der Waals surface area contributed by atoms with Crippen LogP contribution in [0, 0.1) is 0 Å². The van der Waals surface area contributed by atoms with Crippen molar-refractivity contribution in [1.82, 2.24) is 30.0 Å². The molecule has 0 saturated heterocycles. The highest BCUT2D eigenvalue weighted by Gasteiger charge is 2.10. The normalized spacial score (nSPS) is 10.8. The van der Waals surface area contributed by atoms with Crippen molar-refractivity contribution in [2.24, 2.45) is 0 Å². The fourth-order valence-electron chi connectivity index (χ4n) is 3.15. The number of pyridine rings is 1. The molecule has 4 rings (SSSR count). The minimum atomic E-state index is 0.302.